The van der Waals surface area contributed by atoms with Crippen LogP contribution in [0.25, 0.3) is 0 Å². The fraction of sp³-hybridized carbons (Fsp3) is 0.833. The highest BCUT2D eigenvalue weighted by Crippen LogP contribution is 2.12. The molecular formula is C12H24N2O4. The number of amides is 2. The van der Waals surface area contributed by atoms with E-state index in [4.69, 9.17) is 9.84 Å². The molecule has 2 amide bonds. The lowest BCUT2D eigenvalue weighted by Gasteiger charge is -2.26. The summed E-state index contributed by atoms with van der Waals surface area (Å²) in [6.07, 6.45) is 0.964. The first kappa shape index (κ1) is 16.7. The highest BCUT2D eigenvalue weighted by molar-refractivity contribution is 5.85. The molecule has 0 heterocycles. The third kappa shape index (κ3) is 5.35. The van der Waals surface area contributed by atoms with Gasteiger partial charge in [0.15, 0.2) is 0 Å². The highest BCUT2D eigenvalue weighted by Gasteiger charge is 2.32. The molecule has 106 valence electrons. The van der Waals surface area contributed by atoms with Gasteiger partial charge in [0.1, 0.15) is 5.54 Å². The minimum absolute atomic E-state index is 0.311. The second kappa shape index (κ2) is 6.58. The van der Waals surface area contributed by atoms with E-state index in [1.54, 1.807) is 14.0 Å². The predicted molar refractivity (Wildman–Crippen MR) is 68.6 cm³/mol. The van der Waals surface area contributed by atoms with Gasteiger partial charge in [-0.3, -0.25) is 0 Å². The van der Waals surface area contributed by atoms with Crippen molar-refractivity contribution in [2.45, 2.75) is 51.7 Å². The number of hydrogen-bond acceptors (Lipinski definition) is 3. The van der Waals surface area contributed by atoms with Crippen LogP contribution in [0, 0.1) is 0 Å². The SMILES string of the molecule is CCC(C)(NC(=O)NCCC(C)(C)OC)C(=O)O. The number of aliphatic carboxylic acids is 1. The Morgan fingerprint density at radius 3 is 2.22 bits per heavy atom. The molecule has 1 atom stereocenters. The van der Waals surface area contributed by atoms with Gasteiger partial charge in [-0.05, 0) is 33.6 Å². The first-order chi connectivity index (χ1) is 8.17. The summed E-state index contributed by atoms with van der Waals surface area (Å²) in [6.45, 7) is 7.45. The van der Waals surface area contributed by atoms with E-state index in [0.717, 1.165) is 0 Å². The Morgan fingerprint density at radius 2 is 1.83 bits per heavy atom. The van der Waals surface area contributed by atoms with E-state index >= 15 is 0 Å². The first-order valence-electron chi connectivity index (χ1n) is 6.01. The average molecular weight is 260 g/mol. The lowest BCUT2D eigenvalue weighted by molar-refractivity contribution is -0.143. The molecule has 0 rings (SSSR count). The van der Waals surface area contributed by atoms with Crippen molar-refractivity contribution in [3.05, 3.63) is 0 Å². The van der Waals surface area contributed by atoms with Crippen LogP contribution < -0.4 is 10.6 Å². The van der Waals surface area contributed by atoms with E-state index in [1.807, 2.05) is 13.8 Å². The lowest BCUT2D eigenvalue weighted by Crippen LogP contribution is -2.55. The fourth-order valence-corrected chi connectivity index (χ4v) is 1.17. The maximum Gasteiger partial charge on any atom is 0.329 e. The molecule has 0 aliphatic rings. The Hall–Kier alpha value is -1.30. The van der Waals surface area contributed by atoms with E-state index < -0.39 is 17.5 Å². The molecule has 6 heteroatoms. The molecule has 0 aromatic heterocycles. The minimum Gasteiger partial charge on any atom is -0.480 e. The quantitative estimate of drug-likeness (QED) is 0.645. The fourth-order valence-electron chi connectivity index (χ4n) is 1.17. The Labute approximate surface area is 108 Å². The third-order valence-electron chi connectivity index (χ3n) is 3.13. The maximum atomic E-state index is 11.6. The largest absolute Gasteiger partial charge is 0.480 e. The molecule has 0 spiro atoms. The Bertz CT molecular complexity index is 304. The summed E-state index contributed by atoms with van der Waals surface area (Å²) in [6, 6.07) is -0.478. The first-order valence-corrected chi connectivity index (χ1v) is 6.01. The molecule has 18 heavy (non-hydrogen) atoms. The molecule has 1 unspecified atom stereocenters. The van der Waals surface area contributed by atoms with Crippen LogP contribution in [0.1, 0.15) is 40.5 Å². The van der Waals surface area contributed by atoms with Gasteiger partial charge in [-0.2, -0.15) is 0 Å². The second-order valence-corrected chi connectivity index (χ2v) is 5.09. The standard InChI is InChI=1S/C12H24N2O4/c1-6-12(4,9(15)16)14-10(17)13-8-7-11(2,3)18-5/h6-8H2,1-5H3,(H,15,16)(H2,13,14,17). The van der Waals surface area contributed by atoms with Crippen LogP contribution in [0.5, 0.6) is 0 Å². The molecule has 0 bridgehead atoms. The van der Waals surface area contributed by atoms with E-state index in [9.17, 15) is 9.59 Å². The molecule has 0 saturated carbocycles. The van der Waals surface area contributed by atoms with Crippen LogP contribution >= 0.6 is 0 Å². The van der Waals surface area contributed by atoms with Crippen molar-refractivity contribution in [2.24, 2.45) is 0 Å². The van der Waals surface area contributed by atoms with E-state index in [0.29, 0.717) is 19.4 Å². The van der Waals surface area contributed by atoms with Crippen molar-refractivity contribution in [2.75, 3.05) is 13.7 Å². The number of methoxy groups -OCH3 is 1. The number of nitrogens with one attached hydrogen (secondary N) is 2. The molecule has 0 aromatic carbocycles. The maximum absolute atomic E-state index is 11.6. The topological polar surface area (TPSA) is 87.7 Å². The van der Waals surface area contributed by atoms with Gasteiger partial charge in [-0.15, -0.1) is 0 Å². The highest BCUT2D eigenvalue weighted by atomic mass is 16.5. The van der Waals surface area contributed by atoms with Gasteiger partial charge in [0.2, 0.25) is 0 Å². The van der Waals surface area contributed by atoms with Gasteiger partial charge in [0.05, 0.1) is 5.60 Å². The van der Waals surface area contributed by atoms with Crippen LogP contribution in [0.2, 0.25) is 0 Å². The Kier molecular flexibility index (Phi) is 6.11. The zero-order valence-corrected chi connectivity index (χ0v) is 11.8. The van der Waals surface area contributed by atoms with Gasteiger partial charge in [-0.1, -0.05) is 6.92 Å². The Morgan fingerprint density at radius 1 is 1.28 bits per heavy atom. The minimum atomic E-state index is -1.24. The smallest absolute Gasteiger partial charge is 0.329 e. The number of carbonyl (C=O) groups is 2. The third-order valence-corrected chi connectivity index (χ3v) is 3.13. The molecule has 3 N–H and O–H groups in total. The number of carbonyl (C=O) groups excluding carboxylic acids is 1. The van der Waals surface area contributed by atoms with Crippen LogP contribution in [0.3, 0.4) is 0 Å². The monoisotopic (exact) mass is 260 g/mol. The summed E-state index contributed by atoms with van der Waals surface area (Å²) in [5, 5.41) is 14.1. The number of carboxylic acids is 1. The van der Waals surface area contributed by atoms with Crippen molar-refractivity contribution in [3.8, 4) is 0 Å². The summed E-state index contributed by atoms with van der Waals surface area (Å²) in [5.74, 6) is -1.04. The lowest BCUT2D eigenvalue weighted by atomic mass is 10.00. The van der Waals surface area contributed by atoms with Gasteiger partial charge >= 0.3 is 12.0 Å². The summed E-state index contributed by atoms with van der Waals surface area (Å²) < 4.78 is 5.21. The van der Waals surface area contributed by atoms with Crippen LogP contribution in [0.4, 0.5) is 4.79 Å². The van der Waals surface area contributed by atoms with Crippen molar-refractivity contribution < 1.29 is 19.4 Å². The number of ether oxygens (including phenoxy) is 1. The van der Waals surface area contributed by atoms with E-state index in [-0.39, 0.29) is 5.60 Å². The summed E-state index contributed by atoms with van der Waals surface area (Å²) in [4.78, 5) is 22.6. The van der Waals surface area contributed by atoms with Crippen molar-refractivity contribution in [1.82, 2.24) is 10.6 Å². The average Bonchev–Trinajstić information content (AvgIpc) is 2.28. The van der Waals surface area contributed by atoms with Crippen LogP contribution in [-0.4, -0.2) is 41.9 Å². The van der Waals surface area contributed by atoms with Crippen molar-refractivity contribution in [1.29, 1.82) is 0 Å². The van der Waals surface area contributed by atoms with Gasteiger partial charge in [0.25, 0.3) is 0 Å². The molecule has 0 fully saturated rings. The number of hydrogen-bond donors (Lipinski definition) is 3. The molecule has 0 aromatic rings. The zero-order chi connectivity index (χ0) is 14.4. The van der Waals surface area contributed by atoms with Gasteiger partial charge in [0, 0.05) is 13.7 Å². The summed E-state index contributed by atoms with van der Waals surface area (Å²) >= 11 is 0. The van der Waals surface area contributed by atoms with Gasteiger partial charge in [-0.25, -0.2) is 9.59 Å². The van der Waals surface area contributed by atoms with Crippen molar-refractivity contribution >= 4 is 12.0 Å². The van der Waals surface area contributed by atoms with Crippen LogP contribution in [0.15, 0.2) is 0 Å². The van der Waals surface area contributed by atoms with Crippen LogP contribution in [-0.2, 0) is 9.53 Å². The molecular weight excluding hydrogens is 236 g/mol. The Balaban J connectivity index is 4.17. The molecule has 0 aliphatic carbocycles. The van der Waals surface area contributed by atoms with Crippen molar-refractivity contribution in [3.63, 3.8) is 0 Å². The molecule has 0 aliphatic heterocycles. The number of carboxylic acid groups (broad SMARTS) is 1. The summed E-state index contributed by atoms with van der Waals surface area (Å²) in [5.41, 5.74) is -1.55. The predicted octanol–water partition coefficient (Wildman–Crippen LogP) is 1.35. The second-order valence-electron chi connectivity index (χ2n) is 5.09. The number of urea groups is 1. The van der Waals surface area contributed by atoms with E-state index in [1.165, 1.54) is 6.92 Å². The zero-order valence-electron chi connectivity index (χ0n) is 11.8. The van der Waals surface area contributed by atoms with Gasteiger partial charge < -0.3 is 20.5 Å². The number of rotatable bonds is 7. The normalized spacial score (nSPS) is 14.7. The molecule has 0 radical (unpaired) electrons. The van der Waals surface area contributed by atoms with E-state index in [2.05, 4.69) is 10.6 Å². The molecule has 6 nitrogen and oxygen atoms in total. The summed E-state index contributed by atoms with van der Waals surface area (Å²) in [7, 11) is 1.61. The molecule has 0 saturated heterocycles.